The van der Waals surface area contributed by atoms with Crippen LogP contribution in [-0.4, -0.2) is 29.9 Å². The Balaban J connectivity index is 3.36. The summed E-state index contributed by atoms with van der Waals surface area (Å²) in [6.45, 7) is 6.00. The molecule has 0 heterocycles. The molecule has 1 aromatic rings. The Morgan fingerprint density at radius 3 is 2.05 bits per heavy atom. The summed E-state index contributed by atoms with van der Waals surface area (Å²) in [6.07, 6.45) is -4.48. The first-order chi connectivity index (χ1) is 9.53. The molecule has 21 heavy (non-hydrogen) atoms. The van der Waals surface area contributed by atoms with E-state index in [1.807, 2.05) is 27.7 Å². The third kappa shape index (κ3) is 4.93. The molecule has 0 bridgehead atoms. The second kappa shape index (κ2) is 6.70. The van der Waals surface area contributed by atoms with Gasteiger partial charge in [0.25, 0.3) is 0 Å². The quantitative estimate of drug-likeness (QED) is 0.822. The van der Waals surface area contributed by atoms with Crippen molar-refractivity contribution in [2.45, 2.75) is 45.7 Å². The van der Waals surface area contributed by atoms with Crippen LogP contribution in [0.3, 0.4) is 0 Å². The number of rotatable bonds is 5. The number of hydrogen-bond acceptors (Lipinski definition) is 3. The highest BCUT2D eigenvalue weighted by atomic mass is 19.4. The Hall–Kier alpha value is -1.21. The van der Waals surface area contributed by atoms with Gasteiger partial charge in [-0.2, -0.15) is 13.2 Å². The normalized spacial score (nSPS) is 12.1. The number of halogens is 3. The molecule has 1 aromatic carbocycles. The Bertz CT molecular complexity index is 456. The van der Waals surface area contributed by atoms with Gasteiger partial charge in [-0.3, -0.25) is 0 Å². The van der Waals surface area contributed by atoms with Gasteiger partial charge in [-0.1, -0.05) is 39.8 Å². The van der Waals surface area contributed by atoms with Crippen LogP contribution in [0.25, 0.3) is 0 Å². The van der Waals surface area contributed by atoms with Gasteiger partial charge in [0, 0.05) is 5.46 Å². The lowest BCUT2D eigenvalue weighted by molar-refractivity contribution is -0.153. The molecule has 0 fully saturated rings. The molecule has 0 aliphatic carbocycles. The Kier molecular flexibility index (Phi) is 5.70. The Labute approximate surface area is 122 Å². The van der Waals surface area contributed by atoms with Crippen LogP contribution < -0.4 is 10.2 Å². The van der Waals surface area contributed by atoms with Crippen LogP contribution in [0.1, 0.15) is 50.7 Å². The molecular formula is C14H20BF3O3. The summed E-state index contributed by atoms with van der Waals surface area (Å²) in [6, 6.07) is 3.24. The monoisotopic (exact) mass is 304 g/mol. The molecule has 0 saturated heterocycles. The SMILES string of the molecule is CC(C)c1cc(B(O)O)c(OCC(F)(F)F)c(C(C)C)c1. The van der Waals surface area contributed by atoms with Crippen LogP contribution in [-0.2, 0) is 0 Å². The molecule has 0 radical (unpaired) electrons. The number of alkyl halides is 3. The molecule has 0 unspecified atom stereocenters. The molecule has 0 spiro atoms. The zero-order valence-electron chi connectivity index (χ0n) is 12.5. The van der Waals surface area contributed by atoms with Crippen LogP contribution in [0.5, 0.6) is 5.75 Å². The van der Waals surface area contributed by atoms with E-state index in [4.69, 9.17) is 4.74 Å². The second-order valence-corrected chi connectivity index (χ2v) is 5.62. The largest absolute Gasteiger partial charge is 0.492 e. The van der Waals surface area contributed by atoms with Crippen molar-refractivity contribution in [2.75, 3.05) is 6.61 Å². The van der Waals surface area contributed by atoms with E-state index in [-0.39, 0.29) is 23.0 Å². The zero-order chi connectivity index (χ0) is 16.4. The highest BCUT2D eigenvalue weighted by Crippen LogP contribution is 2.30. The van der Waals surface area contributed by atoms with E-state index < -0.39 is 19.9 Å². The van der Waals surface area contributed by atoms with Gasteiger partial charge in [0.2, 0.25) is 0 Å². The molecule has 0 atom stereocenters. The fourth-order valence-electron chi connectivity index (χ4n) is 1.97. The Morgan fingerprint density at radius 2 is 1.67 bits per heavy atom. The summed E-state index contributed by atoms with van der Waals surface area (Å²) in [7, 11) is -1.88. The third-order valence-corrected chi connectivity index (χ3v) is 3.12. The fraction of sp³-hybridized carbons (Fsp3) is 0.571. The molecule has 1 rings (SSSR count). The predicted molar refractivity (Wildman–Crippen MR) is 76.0 cm³/mol. The molecular weight excluding hydrogens is 284 g/mol. The molecule has 0 aliphatic rings. The smallest absolute Gasteiger partial charge is 0.484 e. The van der Waals surface area contributed by atoms with Gasteiger partial charge >= 0.3 is 13.3 Å². The van der Waals surface area contributed by atoms with Gasteiger partial charge < -0.3 is 14.8 Å². The summed E-state index contributed by atoms with van der Waals surface area (Å²) in [4.78, 5) is 0. The number of benzene rings is 1. The predicted octanol–water partition coefficient (Wildman–Crippen LogP) is 2.55. The van der Waals surface area contributed by atoms with E-state index in [1.165, 1.54) is 6.07 Å². The van der Waals surface area contributed by atoms with E-state index in [1.54, 1.807) is 6.07 Å². The first kappa shape index (κ1) is 17.8. The lowest BCUT2D eigenvalue weighted by Crippen LogP contribution is -2.34. The van der Waals surface area contributed by atoms with Crippen molar-refractivity contribution in [1.29, 1.82) is 0 Å². The van der Waals surface area contributed by atoms with E-state index in [0.717, 1.165) is 5.56 Å². The van der Waals surface area contributed by atoms with Crippen molar-refractivity contribution in [2.24, 2.45) is 0 Å². The lowest BCUT2D eigenvalue weighted by Gasteiger charge is -2.21. The third-order valence-electron chi connectivity index (χ3n) is 3.12. The molecule has 118 valence electrons. The molecule has 7 heteroatoms. The second-order valence-electron chi connectivity index (χ2n) is 5.62. The summed E-state index contributed by atoms with van der Waals surface area (Å²) >= 11 is 0. The molecule has 0 aliphatic heterocycles. The fourth-order valence-corrected chi connectivity index (χ4v) is 1.97. The van der Waals surface area contributed by atoms with Crippen molar-refractivity contribution in [3.05, 3.63) is 23.3 Å². The van der Waals surface area contributed by atoms with Crippen LogP contribution in [0.4, 0.5) is 13.2 Å². The minimum atomic E-state index is -4.48. The first-order valence-electron chi connectivity index (χ1n) is 6.76. The minimum absolute atomic E-state index is 0.0332. The van der Waals surface area contributed by atoms with Crippen molar-refractivity contribution >= 4 is 12.6 Å². The van der Waals surface area contributed by atoms with Crippen LogP contribution >= 0.6 is 0 Å². The van der Waals surface area contributed by atoms with Crippen LogP contribution in [0, 0.1) is 0 Å². The van der Waals surface area contributed by atoms with Gasteiger partial charge in [-0.15, -0.1) is 0 Å². The minimum Gasteiger partial charge on any atom is -0.484 e. The van der Waals surface area contributed by atoms with Crippen LogP contribution in [0.2, 0.25) is 0 Å². The average Bonchev–Trinajstić information content (AvgIpc) is 2.33. The highest BCUT2D eigenvalue weighted by Gasteiger charge is 2.31. The zero-order valence-corrected chi connectivity index (χ0v) is 12.5. The molecule has 3 nitrogen and oxygen atoms in total. The number of hydrogen-bond donors (Lipinski definition) is 2. The maximum absolute atomic E-state index is 12.4. The van der Waals surface area contributed by atoms with Crippen molar-refractivity contribution in [1.82, 2.24) is 0 Å². The van der Waals surface area contributed by atoms with Gasteiger partial charge in [0.05, 0.1) is 0 Å². The molecule has 2 N–H and O–H groups in total. The van der Waals surface area contributed by atoms with Crippen molar-refractivity contribution in [3.63, 3.8) is 0 Å². The van der Waals surface area contributed by atoms with Gasteiger partial charge in [0.1, 0.15) is 5.75 Å². The molecule has 0 aromatic heterocycles. The number of ether oxygens (including phenoxy) is 1. The summed E-state index contributed by atoms with van der Waals surface area (Å²) < 4.78 is 41.9. The van der Waals surface area contributed by atoms with Gasteiger partial charge in [0.15, 0.2) is 6.61 Å². The lowest BCUT2D eigenvalue weighted by atomic mass is 9.75. The van der Waals surface area contributed by atoms with E-state index in [9.17, 15) is 23.2 Å². The molecule has 0 amide bonds. The van der Waals surface area contributed by atoms with E-state index in [0.29, 0.717) is 5.56 Å². The standard InChI is InChI=1S/C14H20BF3O3/c1-8(2)10-5-11(9(3)4)13(12(6-10)15(19)20)21-7-14(16,17)18/h5-6,8-9,19-20H,7H2,1-4H3. The van der Waals surface area contributed by atoms with Crippen LogP contribution in [0.15, 0.2) is 12.1 Å². The topological polar surface area (TPSA) is 49.7 Å². The van der Waals surface area contributed by atoms with Crippen molar-refractivity contribution in [3.8, 4) is 5.75 Å². The molecule has 0 saturated carbocycles. The van der Waals surface area contributed by atoms with E-state index in [2.05, 4.69) is 0 Å². The average molecular weight is 304 g/mol. The van der Waals surface area contributed by atoms with Gasteiger partial charge in [-0.25, -0.2) is 0 Å². The summed E-state index contributed by atoms with van der Waals surface area (Å²) in [5.41, 5.74) is 1.32. The maximum Gasteiger partial charge on any atom is 0.492 e. The highest BCUT2D eigenvalue weighted by molar-refractivity contribution is 6.59. The summed E-state index contributed by atoms with van der Waals surface area (Å²) in [5, 5.41) is 18.9. The van der Waals surface area contributed by atoms with Crippen molar-refractivity contribution < 1.29 is 28.0 Å². The first-order valence-corrected chi connectivity index (χ1v) is 6.76. The summed E-state index contributed by atoms with van der Waals surface area (Å²) in [5.74, 6) is -0.0946. The Morgan fingerprint density at radius 1 is 1.10 bits per heavy atom. The van der Waals surface area contributed by atoms with E-state index >= 15 is 0 Å². The van der Waals surface area contributed by atoms with Gasteiger partial charge in [-0.05, 0) is 23.0 Å². The maximum atomic E-state index is 12.4.